The summed E-state index contributed by atoms with van der Waals surface area (Å²) in [6.07, 6.45) is 1.91. The molecule has 0 radical (unpaired) electrons. The number of sulfonamides is 1. The summed E-state index contributed by atoms with van der Waals surface area (Å²) in [5.74, 6) is -0.940. The Kier molecular flexibility index (Phi) is 11.5. The van der Waals surface area contributed by atoms with Crippen molar-refractivity contribution in [3.8, 4) is 0 Å². The van der Waals surface area contributed by atoms with Crippen molar-refractivity contribution >= 4 is 62.3 Å². The van der Waals surface area contributed by atoms with E-state index in [1.165, 1.54) is 11.0 Å². The van der Waals surface area contributed by atoms with E-state index in [0.717, 1.165) is 21.7 Å². The second-order valence-electron chi connectivity index (χ2n) is 9.98. The molecule has 11 heteroatoms. The SMILES string of the molecule is CC[C@@H](C)NC(=O)[C@@H](Cc1ccccc1)N(Cc1ccc(Cl)cc1Cl)C(=O)CN(c1ccc(C)c(Cl)c1)S(C)(=O)=O. The Balaban J connectivity index is 2.10. The lowest BCUT2D eigenvalue weighted by Gasteiger charge is -2.34. The number of nitrogens with zero attached hydrogens (tertiary/aromatic N) is 2. The lowest BCUT2D eigenvalue weighted by atomic mass is 10.0. The van der Waals surface area contributed by atoms with Gasteiger partial charge in [0.1, 0.15) is 12.6 Å². The van der Waals surface area contributed by atoms with Gasteiger partial charge in [0.15, 0.2) is 0 Å². The number of hydrogen-bond donors (Lipinski definition) is 1. The number of nitrogens with one attached hydrogen (secondary N) is 1. The average Bonchev–Trinajstić information content (AvgIpc) is 2.91. The van der Waals surface area contributed by atoms with E-state index in [4.69, 9.17) is 34.8 Å². The van der Waals surface area contributed by atoms with Crippen molar-refractivity contribution in [2.75, 3.05) is 17.1 Å². The van der Waals surface area contributed by atoms with Gasteiger partial charge < -0.3 is 10.2 Å². The minimum atomic E-state index is -3.91. The quantitative estimate of drug-likeness (QED) is 0.253. The number of hydrogen-bond acceptors (Lipinski definition) is 4. The van der Waals surface area contributed by atoms with Gasteiger partial charge in [-0.1, -0.05) is 84.2 Å². The lowest BCUT2D eigenvalue weighted by molar-refractivity contribution is -0.140. The van der Waals surface area contributed by atoms with Crippen LogP contribution >= 0.6 is 34.8 Å². The van der Waals surface area contributed by atoms with E-state index >= 15 is 0 Å². The van der Waals surface area contributed by atoms with Crippen LogP contribution in [0.25, 0.3) is 0 Å². The van der Waals surface area contributed by atoms with Gasteiger partial charge in [-0.2, -0.15) is 0 Å². The molecule has 0 spiro atoms. The van der Waals surface area contributed by atoms with Crippen molar-refractivity contribution in [3.63, 3.8) is 0 Å². The summed E-state index contributed by atoms with van der Waals surface area (Å²) in [5, 5.41) is 4.10. The molecule has 1 N–H and O–H groups in total. The first-order chi connectivity index (χ1) is 19.3. The molecule has 0 aliphatic heterocycles. The first kappa shape index (κ1) is 32.7. The summed E-state index contributed by atoms with van der Waals surface area (Å²) in [5.41, 5.74) is 2.40. The van der Waals surface area contributed by atoms with Gasteiger partial charge in [-0.15, -0.1) is 0 Å². The molecule has 0 bridgehead atoms. The second kappa shape index (κ2) is 14.4. The normalized spacial score (nSPS) is 12.9. The van der Waals surface area contributed by atoms with Gasteiger partial charge in [-0.05, 0) is 61.2 Å². The Morgan fingerprint density at radius 1 is 0.951 bits per heavy atom. The molecule has 7 nitrogen and oxygen atoms in total. The zero-order chi connectivity index (χ0) is 30.3. The monoisotopic (exact) mass is 637 g/mol. The topological polar surface area (TPSA) is 86.8 Å². The highest BCUT2D eigenvalue weighted by Gasteiger charge is 2.34. The molecule has 0 aliphatic carbocycles. The summed E-state index contributed by atoms with van der Waals surface area (Å²) >= 11 is 18.9. The lowest BCUT2D eigenvalue weighted by Crippen LogP contribution is -2.54. The van der Waals surface area contributed by atoms with Crippen molar-refractivity contribution in [2.24, 2.45) is 0 Å². The molecule has 3 aromatic carbocycles. The van der Waals surface area contributed by atoms with Crippen LogP contribution < -0.4 is 9.62 Å². The molecular weight excluding hydrogens is 605 g/mol. The number of halogens is 3. The Bertz CT molecular complexity index is 1490. The van der Waals surface area contributed by atoms with E-state index < -0.39 is 28.5 Å². The van der Waals surface area contributed by atoms with Crippen molar-refractivity contribution in [1.82, 2.24) is 10.2 Å². The van der Waals surface area contributed by atoms with E-state index in [1.807, 2.05) is 44.2 Å². The van der Waals surface area contributed by atoms with Crippen molar-refractivity contribution in [1.29, 1.82) is 0 Å². The fourth-order valence-electron chi connectivity index (χ4n) is 4.18. The Labute approximate surface area is 257 Å². The van der Waals surface area contributed by atoms with Crippen LogP contribution in [-0.2, 0) is 32.6 Å². The number of amides is 2. The van der Waals surface area contributed by atoms with Crippen LogP contribution in [0.3, 0.4) is 0 Å². The van der Waals surface area contributed by atoms with Gasteiger partial charge in [0.2, 0.25) is 21.8 Å². The number of carbonyl (C=O) groups is 2. The third kappa shape index (κ3) is 9.10. The molecule has 3 rings (SSSR count). The molecule has 2 atom stereocenters. The first-order valence-electron chi connectivity index (χ1n) is 13.1. The maximum absolute atomic E-state index is 14.1. The highest BCUT2D eigenvalue weighted by atomic mass is 35.5. The number of aryl methyl sites for hydroxylation is 1. The highest BCUT2D eigenvalue weighted by Crippen LogP contribution is 2.27. The largest absolute Gasteiger partial charge is 0.352 e. The predicted molar refractivity (Wildman–Crippen MR) is 167 cm³/mol. The van der Waals surface area contributed by atoms with Crippen LogP contribution in [0.15, 0.2) is 66.7 Å². The van der Waals surface area contributed by atoms with Gasteiger partial charge in [0.25, 0.3) is 0 Å². The molecule has 41 heavy (non-hydrogen) atoms. The number of rotatable bonds is 12. The van der Waals surface area contributed by atoms with Crippen LogP contribution in [0.1, 0.15) is 37.0 Å². The van der Waals surface area contributed by atoms with E-state index in [0.29, 0.717) is 27.1 Å². The maximum atomic E-state index is 14.1. The van der Waals surface area contributed by atoms with Gasteiger partial charge in [0, 0.05) is 34.1 Å². The fraction of sp³-hybridized carbons (Fsp3) is 0.333. The molecule has 3 aromatic rings. The summed E-state index contributed by atoms with van der Waals surface area (Å²) in [4.78, 5) is 29.2. The minimum absolute atomic E-state index is 0.0491. The van der Waals surface area contributed by atoms with E-state index in [2.05, 4.69) is 5.32 Å². The molecule has 0 aromatic heterocycles. The number of anilines is 1. The zero-order valence-corrected chi connectivity index (χ0v) is 26.5. The maximum Gasteiger partial charge on any atom is 0.244 e. The first-order valence-corrected chi connectivity index (χ1v) is 16.1. The Morgan fingerprint density at radius 3 is 2.22 bits per heavy atom. The van der Waals surface area contributed by atoms with Crippen molar-refractivity contribution < 1.29 is 18.0 Å². The molecule has 0 saturated carbocycles. The molecule has 0 heterocycles. The third-order valence-corrected chi connectivity index (χ3v) is 8.89. The Morgan fingerprint density at radius 2 is 1.63 bits per heavy atom. The van der Waals surface area contributed by atoms with Crippen LogP contribution in [0.2, 0.25) is 15.1 Å². The molecule has 0 aliphatic rings. The molecule has 220 valence electrons. The average molecular weight is 639 g/mol. The highest BCUT2D eigenvalue weighted by molar-refractivity contribution is 7.92. The zero-order valence-electron chi connectivity index (χ0n) is 23.4. The number of benzene rings is 3. The molecule has 0 unspecified atom stereocenters. The van der Waals surface area contributed by atoms with E-state index in [-0.39, 0.29) is 30.6 Å². The minimum Gasteiger partial charge on any atom is -0.352 e. The standard InChI is InChI=1S/C30H34Cl3N3O4S/c1-5-21(3)34-30(38)28(15-22-9-7-6-8-10-22)35(18-23-12-13-24(31)16-27(23)33)29(37)19-36(41(4,39)40)25-14-11-20(2)26(32)17-25/h6-14,16-17,21,28H,5,15,18-19H2,1-4H3,(H,34,38)/t21-,28-/m1/s1. The van der Waals surface area contributed by atoms with Crippen molar-refractivity contribution in [2.45, 2.75) is 52.2 Å². The molecule has 2 amide bonds. The predicted octanol–water partition coefficient (Wildman–Crippen LogP) is 6.28. The molecule has 0 saturated heterocycles. The van der Waals surface area contributed by atoms with Crippen LogP contribution in [-0.4, -0.2) is 50.0 Å². The molecule has 0 fully saturated rings. The summed E-state index contributed by atoms with van der Waals surface area (Å²) in [6, 6.07) is 17.9. The van der Waals surface area contributed by atoms with Crippen molar-refractivity contribution in [3.05, 3.63) is 98.5 Å². The number of carbonyl (C=O) groups excluding carboxylic acids is 2. The van der Waals surface area contributed by atoms with Crippen LogP contribution in [0.4, 0.5) is 5.69 Å². The third-order valence-electron chi connectivity index (χ3n) is 6.75. The van der Waals surface area contributed by atoms with Gasteiger partial charge in [-0.3, -0.25) is 13.9 Å². The second-order valence-corrected chi connectivity index (χ2v) is 13.1. The van der Waals surface area contributed by atoms with Crippen LogP contribution in [0.5, 0.6) is 0 Å². The van der Waals surface area contributed by atoms with E-state index in [1.54, 1.807) is 37.3 Å². The van der Waals surface area contributed by atoms with Gasteiger partial charge >= 0.3 is 0 Å². The van der Waals surface area contributed by atoms with Crippen LogP contribution in [0, 0.1) is 6.92 Å². The summed E-state index contributed by atoms with van der Waals surface area (Å²) in [7, 11) is -3.91. The summed E-state index contributed by atoms with van der Waals surface area (Å²) in [6.45, 7) is 5.03. The van der Waals surface area contributed by atoms with Gasteiger partial charge in [-0.25, -0.2) is 8.42 Å². The van der Waals surface area contributed by atoms with E-state index in [9.17, 15) is 18.0 Å². The fourth-order valence-corrected chi connectivity index (χ4v) is 5.66. The smallest absolute Gasteiger partial charge is 0.244 e. The molecular formula is C30H34Cl3N3O4S. The Hall–Kier alpha value is -2.78. The van der Waals surface area contributed by atoms with Gasteiger partial charge in [0.05, 0.1) is 11.9 Å². The summed E-state index contributed by atoms with van der Waals surface area (Å²) < 4.78 is 26.8.